The number of ether oxygens (including phenoxy) is 2. The van der Waals surface area contributed by atoms with E-state index in [2.05, 4.69) is 70.8 Å². The van der Waals surface area contributed by atoms with Crippen LogP contribution in [0.1, 0.15) is 196 Å². The maximum Gasteiger partial charge on any atom is 0.311 e. The quantitative estimate of drug-likeness (QED) is 0.0448. The summed E-state index contributed by atoms with van der Waals surface area (Å²) < 4.78 is 19.2. The van der Waals surface area contributed by atoms with E-state index in [1.165, 1.54) is 116 Å². The van der Waals surface area contributed by atoms with Crippen LogP contribution in [0.25, 0.3) is 0 Å². The highest BCUT2D eigenvalue weighted by Gasteiger charge is 2.60. The minimum Gasteiger partial charge on any atom is -0.462 e. The number of esters is 1. The van der Waals surface area contributed by atoms with Gasteiger partial charge in [-0.05, 0) is 195 Å². The fourth-order valence-corrected chi connectivity index (χ4v) is 12.8. The van der Waals surface area contributed by atoms with Crippen molar-refractivity contribution in [1.82, 2.24) is 0 Å². The average Bonchev–Trinajstić information content (AvgIpc) is 3.48. The van der Waals surface area contributed by atoms with Gasteiger partial charge in [0.05, 0.1) is 5.41 Å². The lowest BCUT2D eigenvalue weighted by Crippen LogP contribution is -2.54. The van der Waals surface area contributed by atoms with Crippen molar-refractivity contribution < 1.29 is 18.5 Å². The lowest BCUT2D eigenvalue weighted by molar-refractivity contribution is -0.170. The maximum atomic E-state index is 12.7. The zero-order valence-electron chi connectivity index (χ0n) is 37.9. The molecule has 0 bridgehead atoms. The molecule has 5 heteroatoms. The number of unbranched alkanes of at least 4 members (excludes halogenated alkanes) is 9. The maximum absolute atomic E-state index is 12.7. The Kier molecular flexibility index (Phi) is 18.8. The second-order valence-electron chi connectivity index (χ2n) is 21.2. The van der Waals surface area contributed by atoms with Crippen LogP contribution in [0, 0.1) is 51.8 Å². The molecule has 0 saturated heterocycles. The van der Waals surface area contributed by atoms with Gasteiger partial charge < -0.3 is 13.7 Å². The van der Waals surface area contributed by atoms with Crippen molar-refractivity contribution in [2.75, 3.05) is 25.4 Å². The first kappa shape index (κ1) is 46.9. The van der Waals surface area contributed by atoms with Gasteiger partial charge in [0.15, 0.2) is 6.29 Å². The first-order valence-electron chi connectivity index (χ1n) is 23.6. The molecule has 0 N–H and O–H groups in total. The second kappa shape index (κ2) is 22.0. The SMILES string of the molecule is CCCCC/C=C\C/C=C\CCCCCCCCOC(CC[C@@H](C)C1CCC2C3CCC4C[C@H](OC(=O)C(C)(C)C)CC[C@]4(C)C3CCC21C)OS(C)(C)C. The van der Waals surface area contributed by atoms with Crippen LogP contribution in [0.4, 0.5) is 0 Å². The summed E-state index contributed by atoms with van der Waals surface area (Å²) in [5, 5.41) is 0. The van der Waals surface area contributed by atoms with Crippen LogP contribution in [0.5, 0.6) is 0 Å². The fraction of sp³-hybridized carbons (Fsp3) is 0.900. The molecule has 0 aliphatic heterocycles. The third kappa shape index (κ3) is 13.9. The number of allylic oxidation sites excluding steroid dienone is 4. The molecule has 0 aromatic rings. The van der Waals surface area contributed by atoms with Gasteiger partial charge >= 0.3 is 5.97 Å². The lowest BCUT2D eigenvalue weighted by atomic mass is 9.44. The highest BCUT2D eigenvalue weighted by molar-refractivity contribution is 8.28. The molecule has 0 amide bonds. The first-order chi connectivity index (χ1) is 26.1. The Labute approximate surface area is 343 Å². The summed E-state index contributed by atoms with van der Waals surface area (Å²) in [4.78, 5) is 12.7. The molecule has 4 rings (SSSR count). The van der Waals surface area contributed by atoms with Gasteiger partial charge in [-0.1, -0.05) is 90.5 Å². The molecule has 7 unspecified atom stereocenters. The Bertz CT molecular complexity index is 1180. The summed E-state index contributed by atoms with van der Waals surface area (Å²) in [5.74, 6) is 4.80. The van der Waals surface area contributed by atoms with E-state index in [0.29, 0.717) is 22.7 Å². The third-order valence-electron chi connectivity index (χ3n) is 15.2. The van der Waals surface area contributed by atoms with Gasteiger partial charge in [0.1, 0.15) is 6.10 Å². The summed E-state index contributed by atoms with van der Waals surface area (Å²) in [7, 11) is -1.10. The highest BCUT2D eigenvalue weighted by Crippen LogP contribution is 2.68. The van der Waals surface area contributed by atoms with Gasteiger partial charge in [0, 0.05) is 6.61 Å². The lowest BCUT2D eigenvalue weighted by Gasteiger charge is -2.61. The van der Waals surface area contributed by atoms with Gasteiger partial charge in [0.2, 0.25) is 0 Å². The third-order valence-corrected chi connectivity index (χ3v) is 16.0. The van der Waals surface area contributed by atoms with E-state index < -0.39 is 15.7 Å². The van der Waals surface area contributed by atoms with Crippen molar-refractivity contribution in [2.24, 2.45) is 51.8 Å². The van der Waals surface area contributed by atoms with Gasteiger partial charge in [0.25, 0.3) is 0 Å². The number of hydrogen-bond donors (Lipinski definition) is 0. The second-order valence-corrected chi connectivity index (χ2v) is 24.8. The van der Waals surface area contributed by atoms with Crippen LogP contribution in [-0.4, -0.2) is 43.7 Å². The molecule has 4 aliphatic carbocycles. The van der Waals surface area contributed by atoms with E-state index in [1.54, 1.807) is 0 Å². The molecular weight excluding hydrogens is 697 g/mol. The fourth-order valence-electron chi connectivity index (χ4n) is 12.0. The van der Waals surface area contributed by atoms with Crippen molar-refractivity contribution in [3.63, 3.8) is 0 Å². The molecule has 0 heterocycles. The minimum absolute atomic E-state index is 0.0224. The van der Waals surface area contributed by atoms with Crippen molar-refractivity contribution in [3.8, 4) is 0 Å². The minimum atomic E-state index is -1.10. The van der Waals surface area contributed by atoms with Crippen molar-refractivity contribution in [1.29, 1.82) is 0 Å². The molecule has 0 aromatic carbocycles. The van der Waals surface area contributed by atoms with Crippen molar-refractivity contribution in [2.45, 2.75) is 209 Å². The Hall–Kier alpha value is -0.780. The van der Waals surface area contributed by atoms with Crippen LogP contribution in [-0.2, 0) is 18.5 Å². The van der Waals surface area contributed by atoms with E-state index in [-0.39, 0.29) is 18.4 Å². The average molecular weight is 787 g/mol. The predicted octanol–water partition coefficient (Wildman–Crippen LogP) is 14.8. The molecule has 4 fully saturated rings. The van der Waals surface area contributed by atoms with Crippen LogP contribution in [0.15, 0.2) is 24.3 Å². The van der Waals surface area contributed by atoms with E-state index in [0.717, 1.165) is 62.4 Å². The molecular formula is C50H90O4S. The number of fused-ring (bicyclic) bond motifs is 5. The van der Waals surface area contributed by atoms with E-state index in [1.807, 2.05) is 20.8 Å². The number of rotatable bonds is 23. The van der Waals surface area contributed by atoms with E-state index in [9.17, 15) is 4.79 Å². The van der Waals surface area contributed by atoms with Gasteiger partial charge in [-0.25, -0.2) is 0 Å². The van der Waals surface area contributed by atoms with Crippen molar-refractivity contribution in [3.05, 3.63) is 24.3 Å². The van der Waals surface area contributed by atoms with E-state index in [4.69, 9.17) is 13.7 Å². The largest absolute Gasteiger partial charge is 0.462 e. The van der Waals surface area contributed by atoms with Gasteiger partial charge in [-0.3, -0.25) is 4.79 Å². The van der Waals surface area contributed by atoms with Crippen LogP contribution >= 0.6 is 10.3 Å². The smallest absolute Gasteiger partial charge is 0.311 e. The normalized spacial score (nSPS) is 32.6. The molecule has 0 radical (unpaired) electrons. The Morgan fingerprint density at radius 2 is 1.40 bits per heavy atom. The Morgan fingerprint density at radius 1 is 0.764 bits per heavy atom. The Balaban J connectivity index is 1.16. The molecule has 10 atom stereocenters. The zero-order valence-corrected chi connectivity index (χ0v) is 38.8. The van der Waals surface area contributed by atoms with Crippen molar-refractivity contribution >= 4 is 16.3 Å². The summed E-state index contributed by atoms with van der Waals surface area (Å²) in [6.07, 6.45) is 45.5. The molecule has 320 valence electrons. The summed E-state index contributed by atoms with van der Waals surface area (Å²) in [5.41, 5.74) is 0.467. The molecule has 4 aliphatic rings. The molecule has 4 nitrogen and oxygen atoms in total. The van der Waals surface area contributed by atoms with Crippen LogP contribution in [0.3, 0.4) is 0 Å². The van der Waals surface area contributed by atoms with E-state index >= 15 is 0 Å². The van der Waals surface area contributed by atoms with Crippen LogP contribution < -0.4 is 0 Å². The summed E-state index contributed by atoms with van der Waals surface area (Å²) in [6, 6.07) is 0. The summed E-state index contributed by atoms with van der Waals surface area (Å²) in [6.45, 7) is 16.9. The first-order valence-corrected chi connectivity index (χ1v) is 26.4. The monoisotopic (exact) mass is 787 g/mol. The molecule has 0 aromatic heterocycles. The van der Waals surface area contributed by atoms with Crippen LogP contribution in [0.2, 0.25) is 0 Å². The number of hydrogen-bond acceptors (Lipinski definition) is 4. The van der Waals surface area contributed by atoms with Gasteiger partial charge in [-0.15, -0.1) is 10.3 Å². The topological polar surface area (TPSA) is 44.8 Å². The summed E-state index contributed by atoms with van der Waals surface area (Å²) >= 11 is 0. The zero-order chi connectivity index (χ0) is 40.1. The molecule has 4 saturated carbocycles. The predicted molar refractivity (Wildman–Crippen MR) is 238 cm³/mol. The Morgan fingerprint density at radius 3 is 2.07 bits per heavy atom. The molecule has 0 spiro atoms. The highest BCUT2D eigenvalue weighted by atomic mass is 32.3. The number of carbonyl (C=O) groups excluding carboxylic acids is 1. The molecule has 55 heavy (non-hydrogen) atoms. The standard InChI is InChI=1S/C50H90O4S/c1-11-12-13-14-15-16-17-18-19-20-21-22-23-24-25-26-37-52-46(54-55(8,9)10)32-27-39(2)43-30-31-44-42-29-28-40-38-41(53-47(51)48(3,4)5)33-35-49(40,6)45(42)34-36-50(43,44)7/h15-16,18-19,39-46H,11-14,17,20-38H2,1-10H3/b16-15-,19-18-/t39-,40?,41-,42?,43?,44?,45?,46?,49+,50?/m1/s1. The number of carbonyl (C=O) groups is 1. The van der Waals surface area contributed by atoms with Gasteiger partial charge in [-0.2, -0.15) is 0 Å².